The van der Waals surface area contributed by atoms with Crippen molar-refractivity contribution in [3.63, 3.8) is 0 Å². The van der Waals surface area contributed by atoms with E-state index in [4.69, 9.17) is 16.6 Å². The smallest absolute Gasteiger partial charge is 0.262 e. The molecule has 0 aliphatic carbocycles. The van der Waals surface area contributed by atoms with Gasteiger partial charge in [-0.3, -0.25) is 9.36 Å². The van der Waals surface area contributed by atoms with E-state index in [2.05, 4.69) is 11.9 Å². The molecule has 4 nitrogen and oxygen atoms in total. The van der Waals surface area contributed by atoms with Crippen molar-refractivity contribution in [1.82, 2.24) is 14.5 Å². The van der Waals surface area contributed by atoms with E-state index < -0.39 is 0 Å². The summed E-state index contributed by atoms with van der Waals surface area (Å²) in [6.45, 7) is 1.89. The lowest BCUT2D eigenvalue weighted by atomic mass is 9.84. The Morgan fingerprint density at radius 2 is 2.14 bits per heavy atom. The quantitative estimate of drug-likeness (QED) is 0.751. The Hall–Kier alpha value is -1.39. The molecule has 1 aromatic heterocycles. The standard InChI is InChI=1S/C16H18ClN3O/c1-19-8-3-4-10-13(19)7-9-20-15(10)18-12-6-2-5-11(17)14(12)16(20)21/h2,5-6,10,13H,3-4,7-9H2,1H3/t10-,13-/m1/s1. The Labute approximate surface area is 128 Å². The summed E-state index contributed by atoms with van der Waals surface area (Å²) in [4.78, 5) is 20.0. The number of aromatic nitrogens is 2. The topological polar surface area (TPSA) is 38.1 Å². The molecule has 2 aromatic rings. The third-order valence-corrected chi connectivity index (χ3v) is 5.31. The summed E-state index contributed by atoms with van der Waals surface area (Å²) < 4.78 is 1.86. The highest BCUT2D eigenvalue weighted by atomic mass is 35.5. The zero-order chi connectivity index (χ0) is 14.6. The van der Waals surface area contributed by atoms with Crippen LogP contribution in [0.2, 0.25) is 5.02 Å². The fourth-order valence-corrected chi connectivity index (χ4v) is 4.20. The highest BCUT2D eigenvalue weighted by molar-refractivity contribution is 6.35. The molecular formula is C16H18ClN3O. The molecule has 0 N–H and O–H groups in total. The maximum absolute atomic E-state index is 12.8. The zero-order valence-corrected chi connectivity index (χ0v) is 12.8. The van der Waals surface area contributed by atoms with Gasteiger partial charge in [0.1, 0.15) is 5.82 Å². The van der Waals surface area contributed by atoms with Crippen molar-refractivity contribution >= 4 is 22.5 Å². The minimum atomic E-state index is 0.0206. The normalized spacial score (nSPS) is 25.6. The van der Waals surface area contributed by atoms with Gasteiger partial charge in [0.15, 0.2) is 0 Å². The summed E-state index contributed by atoms with van der Waals surface area (Å²) in [6.07, 6.45) is 3.31. The third-order valence-electron chi connectivity index (χ3n) is 5.00. The van der Waals surface area contributed by atoms with Crippen molar-refractivity contribution in [1.29, 1.82) is 0 Å². The minimum absolute atomic E-state index is 0.0206. The molecule has 0 amide bonds. The first kappa shape index (κ1) is 13.3. The van der Waals surface area contributed by atoms with Gasteiger partial charge in [0, 0.05) is 18.5 Å². The molecular weight excluding hydrogens is 286 g/mol. The van der Waals surface area contributed by atoms with Crippen LogP contribution in [0.3, 0.4) is 0 Å². The van der Waals surface area contributed by atoms with Crippen molar-refractivity contribution in [2.24, 2.45) is 0 Å². The molecule has 0 radical (unpaired) electrons. The second-order valence-corrected chi connectivity index (χ2v) is 6.55. The van der Waals surface area contributed by atoms with Crippen LogP contribution >= 0.6 is 11.6 Å². The van der Waals surface area contributed by atoms with Crippen molar-refractivity contribution in [3.05, 3.63) is 39.4 Å². The molecule has 1 fully saturated rings. The molecule has 4 rings (SSSR count). The Morgan fingerprint density at radius 1 is 1.29 bits per heavy atom. The van der Waals surface area contributed by atoms with Crippen molar-refractivity contribution in [3.8, 4) is 0 Å². The van der Waals surface area contributed by atoms with Crippen LogP contribution in [0.5, 0.6) is 0 Å². The molecule has 2 aliphatic heterocycles. The predicted molar refractivity (Wildman–Crippen MR) is 84.0 cm³/mol. The predicted octanol–water partition coefficient (Wildman–Crippen LogP) is 2.63. The molecule has 110 valence electrons. The second kappa shape index (κ2) is 4.82. The number of likely N-dealkylation sites (N-methyl/N-ethyl adjacent to an activating group) is 1. The molecule has 0 saturated carbocycles. The average molecular weight is 304 g/mol. The number of rotatable bonds is 0. The van der Waals surface area contributed by atoms with E-state index >= 15 is 0 Å². The Bertz CT molecular complexity index is 770. The lowest BCUT2D eigenvalue weighted by Gasteiger charge is -2.42. The number of hydrogen-bond donors (Lipinski definition) is 0. The molecule has 1 saturated heterocycles. The lowest BCUT2D eigenvalue weighted by molar-refractivity contribution is 0.123. The van der Waals surface area contributed by atoms with E-state index in [1.54, 1.807) is 6.07 Å². The first-order chi connectivity index (χ1) is 10.2. The van der Waals surface area contributed by atoms with Crippen LogP contribution in [0.25, 0.3) is 10.9 Å². The summed E-state index contributed by atoms with van der Waals surface area (Å²) in [6, 6.07) is 6.03. The largest absolute Gasteiger partial charge is 0.303 e. The highest BCUT2D eigenvalue weighted by Gasteiger charge is 2.36. The van der Waals surface area contributed by atoms with Gasteiger partial charge in [-0.2, -0.15) is 0 Å². The number of likely N-dealkylation sites (tertiary alicyclic amines) is 1. The van der Waals surface area contributed by atoms with Gasteiger partial charge >= 0.3 is 0 Å². The van der Waals surface area contributed by atoms with Crippen LogP contribution < -0.4 is 5.56 Å². The SMILES string of the molecule is CN1CCC[C@H]2c3nc4cccc(Cl)c4c(=O)n3CC[C@H]21. The molecule has 0 bridgehead atoms. The van der Waals surface area contributed by atoms with Crippen LogP contribution in [0.1, 0.15) is 31.0 Å². The zero-order valence-electron chi connectivity index (χ0n) is 12.1. The van der Waals surface area contributed by atoms with Gasteiger partial charge in [-0.05, 0) is 45.0 Å². The number of fused-ring (bicyclic) bond motifs is 4. The maximum atomic E-state index is 12.8. The number of benzene rings is 1. The molecule has 0 spiro atoms. The van der Waals surface area contributed by atoms with E-state index in [1.165, 1.54) is 6.42 Å². The van der Waals surface area contributed by atoms with Crippen molar-refractivity contribution < 1.29 is 0 Å². The molecule has 0 unspecified atom stereocenters. The van der Waals surface area contributed by atoms with E-state index in [0.717, 1.165) is 37.3 Å². The van der Waals surface area contributed by atoms with E-state index in [-0.39, 0.29) is 5.56 Å². The number of halogens is 1. The number of nitrogens with zero attached hydrogens (tertiary/aromatic N) is 3. The van der Waals surface area contributed by atoms with Crippen LogP contribution in [0.4, 0.5) is 0 Å². The van der Waals surface area contributed by atoms with Crippen molar-refractivity contribution in [2.45, 2.75) is 37.8 Å². The molecule has 5 heteroatoms. The van der Waals surface area contributed by atoms with Crippen LogP contribution in [-0.4, -0.2) is 34.1 Å². The number of piperidine rings is 1. The van der Waals surface area contributed by atoms with Crippen LogP contribution in [-0.2, 0) is 6.54 Å². The first-order valence-corrected chi connectivity index (χ1v) is 7.94. The van der Waals surface area contributed by atoms with Gasteiger partial charge in [0.2, 0.25) is 0 Å². The van der Waals surface area contributed by atoms with Gasteiger partial charge in [-0.25, -0.2) is 4.98 Å². The van der Waals surface area contributed by atoms with Crippen molar-refractivity contribution in [2.75, 3.05) is 13.6 Å². The minimum Gasteiger partial charge on any atom is -0.303 e. The fraction of sp³-hybridized carbons (Fsp3) is 0.500. The summed E-state index contributed by atoms with van der Waals surface area (Å²) in [5.41, 5.74) is 0.750. The van der Waals surface area contributed by atoms with E-state index in [9.17, 15) is 4.79 Å². The first-order valence-electron chi connectivity index (χ1n) is 7.56. The summed E-state index contributed by atoms with van der Waals surface area (Å²) in [7, 11) is 2.18. The summed E-state index contributed by atoms with van der Waals surface area (Å²) in [5, 5.41) is 1.06. The van der Waals surface area contributed by atoms with Gasteiger partial charge in [-0.15, -0.1) is 0 Å². The summed E-state index contributed by atoms with van der Waals surface area (Å²) >= 11 is 6.20. The van der Waals surface area contributed by atoms with Crippen LogP contribution in [0, 0.1) is 0 Å². The molecule has 2 aliphatic rings. The van der Waals surface area contributed by atoms with Gasteiger partial charge in [0.05, 0.1) is 15.9 Å². The molecule has 3 heterocycles. The Kier molecular flexibility index (Phi) is 3.05. The lowest BCUT2D eigenvalue weighted by Crippen LogP contribution is -2.47. The molecule has 1 aromatic carbocycles. The summed E-state index contributed by atoms with van der Waals surface area (Å²) in [5.74, 6) is 1.33. The third kappa shape index (κ3) is 1.93. The number of hydrogen-bond acceptors (Lipinski definition) is 3. The van der Waals surface area contributed by atoms with Gasteiger partial charge in [0.25, 0.3) is 5.56 Å². The maximum Gasteiger partial charge on any atom is 0.262 e. The van der Waals surface area contributed by atoms with E-state index in [0.29, 0.717) is 22.4 Å². The second-order valence-electron chi connectivity index (χ2n) is 6.15. The molecule has 2 atom stereocenters. The van der Waals surface area contributed by atoms with Gasteiger partial charge in [-0.1, -0.05) is 17.7 Å². The Morgan fingerprint density at radius 3 is 3.00 bits per heavy atom. The van der Waals surface area contributed by atoms with E-state index in [1.807, 2.05) is 16.7 Å². The monoisotopic (exact) mass is 303 g/mol. The average Bonchev–Trinajstić information content (AvgIpc) is 2.48. The van der Waals surface area contributed by atoms with Gasteiger partial charge < -0.3 is 4.90 Å². The highest BCUT2D eigenvalue weighted by Crippen LogP contribution is 2.36. The molecule has 21 heavy (non-hydrogen) atoms. The Balaban J connectivity index is 1.96. The van der Waals surface area contributed by atoms with Crippen LogP contribution in [0.15, 0.2) is 23.0 Å². The fourth-order valence-electron chi connectivity index (χ4n) is 3.95.